The van der Waals surface area contributed by atoms with Crippen LogP contribution in [0, 0.1) is 0 Å². The van der Waals surface area contributed by atoms with Gasteiger partial charge in [0.15, 0.2) is 0 Å². The lowest BCUT2D eigenvalue weighted by Gasteiger charge is -2.09. The Kier molecular flexibility index (Phi) is 4.81. The van der Waals surface area contributed by atoms with Gasteiger partial charge < -0.3 is 5.11 Å². The number of benzene rings is 2. The summed E-state index contributed by atoms with van der Waals surface area (Å²) in [6, 6.07) is 14.8. The summed E-state index contributed by atoms with van der Waals surface area (Å²) in [5, 5.41) is 10.9. The van der Waals surface area contributed by atoms with Crippen molar-refractivity contribution in [3.05, 3.63) is 64.7 Å². The van der Waals surface area contributed by atoms with E-state index in [1.165, 1.54) is 0 Å². The van der Waals surface area contributed by atoms with Gasteiger partial charge in [0.1, 0.15) is 0 Å². The normalized spacial score (nSPS) is 10.9. The molecule has 0 saturated heterocycles. The van der Waals surface area contributed by atoms with Crippen LogP contribution in [0.3, 0.4) is 0 Å². The van der Waals surface area contributed by atoms with E-state index in [4.69, 9.17) is 11.6 Å². The van der Waals surface area contributed by atoms with Gasteiger partial charge in [0.25, 0.3) is 0 Å². The number of hydrogen-bond acceptors (Lipinski definition) is 2. The van der Waals surface area contributed by atoms with Crippen LogP contribution in [0.25, 0.3) is 22.2 Å². The zero-order valence-electron chi connectivity index (χ0n) is 13.4. The first-order valence-electron chi connectivity index (χ1n) is 8.01. The summed E-state index contributed by atoms with van der Waals surface area (Å²) in [7, 11) is 0. The molecule has 1 heterocycles. The summed E-state index contributed by atoms with van der Waals surface area (Å²) in [5.41, 5.74) is 3.60. The van der Waals surface area contributed by atoms with Crippen LogP contribution in [0.2, 0.25) is 5.02 Å². The third-order valence-corrected chi connectivity index (χ3v) is 4.31. The Hall–Kier alpha value is -2.39. The van der Waals surface area contributed by atoms with Crippen molar-refractivity contribution in [2.45, 2.75) is 26.2 Å². The number of aryl methyl sites for hydroxylation is 1. The van der Waals surface area contributed by atoms with Crippen LogP contribution >= 0.6 is 11.6 Å². The smallest absolute Gasteiger partial charge is 0.336 e. The van der Waals surface area contributed by atoms with Crippen LogP contribution < -0.4 is 0 Å². The lowest BCUT2D eigenvalue weighted by molar-refractivity contribution is 0.0699. The fourth-order valence-corrected chi connectivity index (χ4v) is 2.88. The van der Waals surface area contributed by atoms with Gasteiger partial charge in [0.05, 0.1) is 16.8 Å². The third kappa shape index (κ3) is 3.41. The number of unbranched alkanes of at least 4 members (excludes halogenated alkanes) is 1. The van der Waals surface area contributed by atoms with Crippen molar-refractivity contribution >= 4 is 28.5 Å². The van der Waals surface area contributed by atoms with Crippen LogP contribution in [-0.4, -0.2) is 16.1 Å². The molecule has 0 amide bonds. The minimum absolute atomic E-state index is 0.281. The van der Waals surface area contributed by atoms with Crippen molar-refractivity contribution < 1.29 is 9.90 Å². The minimum atomic E-state index is -0.940. The first kappa shape index (κ1) is 16.5. The van der Waals surface area contributed by atoms with Crippen molar-refractivity contribution in [3.8, 4) is 11.3 Å². The van der Waals surface area contributed by atoms with Crippen molar-refractivity contribution in [1.29, 1.82) is 0 Å². The first-order valence-corrected chi connectivity index (χ1v) is 8.39. The molecule has 0 bridgehead atoms. The van der Waals surface area contributed by atoms with E-state index in [2.05, 4.69) is 11.9 Å². The van der Waals surface area contributed by atoms with E-state index in [9.17, 15) is 9.90 Å². The predicted molar refractivity (Wildman–Crippen MR) is 97.8 cm³/mol. The van der Waals surface area contributed by atoms with Gasteiger partial charge in [-0.25, -0.2) is 9.78 Å². The topological polar surface area (TPSA) is 50.2 Å². The second-order valence-corrected chi connectivity index (χ2v) is 6.26. The van der Waals surface area contributed by atoms with Crippen LogP contribution in [0.4, 0.5) is 0 Å². The third-order valence-electron chi connectivity index (χ3n) is 4.06. The summed E-state index contributed by atoms with van der Waals surface area (Å²) in [4.78, 5) is 16.4. The number of fused-ring (bicyclic) bond motifs is 1. The number of halogens is 1. The number of carboxylic acids is 1. The van der Waals surface area contributed by atoms with Crippen LogP contribution in [0.5, 0.6) is 0 Å². The molecule has 122 valence electrons. The van der Waals surface area contributed by atoms with E-state index in [0.29, 0.717) is 21.6 Å². The Labute approximate surface area is 145 Å². The van der Waals surface area contributed by atoms with E-state index >= 15 is 0 Å². The molecule has 0 aliphatic heterocycles. The highest BCUT2D eigenvalue weighted by Gasteiger charge is 2.13. The molecule has 0 aliphatic carbocycles. The number of aromatic carboxylic acids is 1. The molecule has 0 spiro atoms. The Morgan fingerprint density at radius 3 is 2.54 bits per heavy atom. The molecule has 3 rings (SSSR count). The Morgan fingerprint density at radius 2 is 1.88 bits per heavy atom. The summed E-state index contributed by atoms with van der Waals surface area (Å²) in [6.07, 6.45) is 3.15. The largest absolute Gasteiger partial charge is 0.478 e. The van der Waals surface area contributed by atoms with E-state index < -0.39 is 5.97 Å². The number of carboxylic acid groups (broad SMARTS) is 1. The molecule has 3 aromatic rings. The highest BCUT2D eigenvalue weighted by molar-refractivity contribution is 6.30. The lowest BCUT2D eigenvalue weighted by Crippen LogP contribution is -2.01. The van der Waals surface area contributed by atoms with Gasteiger partial charge in [-0.15, -0.1) is 0 Å². The number of hydrogen-bond donors (Lipinski definition) is 1. The van der Waals surface area contributed by atoms with Crippen molar-refractivity contribution in [1.82, 2.24) is 4.98 Å². The van der Waals surface area contributed by atoms with E-state index in [1.54, 1.807) is 18.2 Å². The molecule has 0 fully saturated rings. The zero-order chi connectivity index (χ0) is 17.1. The van der Waals surface area contributed by atoms with Gasteiger partial charge in [0, 0.05) is 16.0 Å². The Balaban J connectivity index is 2.14. The van der Waals surface area contributed by atoms with Gasteiger partial charge in [0.2, 0.25) is 0 Å². The van der Waals surface area contributed by atoms with Crippen LogP contribution in [-0.2, 0) is 6.42 Å². The molecule has 1 N–H and O–H groups in total. The first-order chi connectivity index (χ1) is 11.6. The van der Waals surface area contributed by atoms with Gasteiger partial charge >= 0.3 is 5.97 Å². The van der Waals surface area contributed by atoms with Crippen LogP contribution in [0.15, 0.2) is 48.5 Å². The van der Waals surface area contributed by atoms with Crippen molar-refractivity contribution in [3.63, 3.8) is 0 Å². The molecule has 24 heavy (non-hydrogen) atoms. The molecular weight excluding hydrogens is 322 g/mol. The highest BCUT2D eigenvalue weighted by Crippen LogP contribution is 2.27. The van der Waals surface area contributed by atoms with E-state index in [1.807, 2.05) is 30.3 Å². The second kappa shape index (κ2) is 7.02. The van der Waals surface area contributed by atoms with Crippen molar-refractivity contribution in [2.24, 2.45) is 0 Å². The molecule has 1 aromatic heterocycles. The van der Waals surface area contributed by atoms with Gasteiger partial charge in [-0.2, -0.15) is 0 Å². The number of pyridine rings is 1. The average Bonchev–Trinajstić information content (AvgIpc) is 2.59. The molecule has 0 radical (unpaired) electrons. The highest BCUT2D eigenvalue weighted by atomic mass is 35.5. The van der Waals surface area contributed by atoms with E-state index in [0.717, 1.165) is 30.4 Å². The molecule has 3 nitrogen and oxygen atoms in total. The summed E-state index contributed by atoms with van der Waals surface area (Å²) >= 11 is 5.92. The van der Waals surface area contributed by atoms with Gasteiger partial charge in [-0.3, -0.25) is 0 Å². The molecule has 2 aromatic carbocycles. The summed E-state index contributed by atoms with van der Waals surface area (Å²) < 4.78 is 0. The molecule has 0 aliphatic rings. The second-order valence-electron chi connectivity index (χ2n) is 5.82. The van der Waals surface area contributed by atoms with Gasteiger partial charge in [-0.05, 0) is 48.7 Å². The fourth-order valence-electron chi connectivity index (χ4n) is 2.75. The molecule has 4 heteroatoms. The van der Waals surface area contributed by atoms with Gasteiger partial charge in [-0.1, -0.05) is 43.1 Å². The SMILES string of the molecule is CCCCc1ccc2nc(-c3ccc(Cl)cc3)cc(C(=O)O)c2c1. The van der Waals surface area contributed by atoms with E-state index in [-0.39, 0.29) is 5.56 Å². The monoisotopic (exact) mass is 339 g/mol. The maximum absolute atomic E-state index is 11.7. The number of nitrogens with zero attached hydrogens (tertiary/aromatic N) is 1. The molecular formula is C20H18ClNO2. The zero-order valence-corrected chi connectivity index (χ0v) is 14.2. The summed E-state index contributed by atoms with van der Waals surface area (Å²) in [6.45, 7) is 2.14. The minimum Gasteiger partial charge on any atom is -0.478 e. The quantitative estimate of drug-likeness (QED) is 0.658. The molecule has 0 saturated carbocycles. The Bertz CT molecular complexity index is 888. The maximum Gasteiger partial charge on any atom is 0.336 e. The number of aromatic nitrogens is 1. The molecule has 0 unspecified atom stereocenters. The number of rotatable bonds is 5. The van der Waals surface area contributed by atoms with Crippen molar-refractivity contribution in [2.75, 3.05) is 0 Å². The number of carbonyl (C=O) groups is 1. The van der Waals surface area contributed by atoms with Crippen LogP contribution in [0.1, 0.15) is 35.7 Å². The maximum atomic E-state index is 11.7. The average molecular weight is 340 g/mol. The summed E-state index contributed by atoms with van der Waals surface area (Å²) in [5.74, 6) is -0.940. The Morgan fingerprint density at radius 1 is 1.12 bits per heavy atom. The predicted octanol–water partition coefficient (Wildman–Crippen LogP) is 5.60. The fraction of sp³-hybridized carbons (Fsp3) is 0.200. The molecule has 0 atom stereocenters. The standard InChI is InChI=1S/C20H18ClNO2/c1-2-3-4-13-5-10-18-16(11-13)17(20(23)24)12-19(22-18)14-6-8-15(21)9-7-14/h5-12H,2-4H2,1H3,(H,23,24). The lowest BCUT2D eigenvalue weighted by atomic mass is 10.0.